The monoisotopic (exact) mass is 396 g/mol. The first kappa shape index (κ1) is 18.1. The van der Waals surface area contributed by atoms with E-state index in [4.69, 9.17) is 0 Å². The fraction of sp³-hybridized carbons (Fsp3) is 0.304. The van der Waals surface area contributed by atoms with Crippen LogP contribution in [-0.4, -0.2) is 29.3 Å². The zero-order chi connectivity index (χ0) is 20.0. The van der Waals surface area contributed by atoms with Gasteiger partial charge in [-0.25, -0.2) is 0 Å². The summed E-state index contributed by atoms with van der Waals surface area (Å²) in [4.78, 5) is 6.16. The Bertz CT molecular complexity index is 1110. The lowest BCUT2D eigenvalue weighted by Crippen LogP contribution is -2.29. The van der Waals surface area contributed by atoms with Crippen molar-refractivity contribution in [1.29, 1.82) is 0 Å². The lowest BCUT2D eigenvalue weighted by molar-refractivity contribution is -0.274. The van der Waals surface area contributed by atoms with E-state index in [-0.39, 0.29) is 5.75 Å². The van der Waals surface area contributed by atoms with Crippen LogP contribution in [0.1, 0.15) is 41.1 Å². The maximum Gasteiger partial charge on any atom is 0.573 e. The largest absolute Gasteiger partial charge is 0.573 e. The summed E-state index contributed by atoms with van der Waals surface area (Å²) in [6, 6.07) is 11.8. The molecular formula is C23H19F3N2O. The maximum atomic E-state index is 12.3. The van der Waals surface area contributed by atoms with Crippen LogP contribution in [0.2, 0.25) is 0 Å². The molecule has 2 bridgehead atoms. The van der Waals surface area contributed by atoms with Crippen molar-refractivity contribution in [3.63, 3.8) is 0 Å². The van der Waals surface area contributed by atoms with E-state index >= 15 is 0 Å². The number of fused-ring (bicyclic) bond motifs is 3. The minimum Gasteiger partial charge on any atom is -0.406 e. The highest BCUT2D eigenvalue weighted by molar-refractivity contribution is 5.90. The Balaban J connectivity index is 1.47. The second-order valence-electron chi connectivity index (χ2n) is 7.62. The highest BCUT2D eigenvalue weighted by Crippen LogP contribution is 2.39. The van der Waals surface area contributed by atoms with Crippen LogP contribution < -0.4 is 4.74 Å². The Morgan fingerprint density at radius 2 is 1.76 bits per heavy atom. The number of hydrogen-bond donors (Lipinski definition) is 1. The van der Waals surface area contributed by atoms with Crippen molar-refractivity contribution in [1.82, 2.24) is 9.88 Å². The summed E-state index contributed by atoms with van der Waals surface area (Å²) < 4.78 is 40.7. The molecule has 0 spiro atoms. The molecule has 0 atom stereocenters. The number of rotatable bonds is 1. The minimum atomic E-state index is -4.69. The van der Waals surface area contributed by atoms with Crippen LogP contribution in [0.25, 0.3) is 10.9 Å². The number of aromatic amines is 1. The second kappa shape index (κ2) is 6.85. The first-order valence-electron chi connectivity index (χ1n) is 9.70. The molecular weight excluding hydrogens is 377 g/mol. The predicted molar refractivity (Wildman–Crippen MR) is 105 cm³/mol. The van der Waals surface area contributed by atoms with Crippen molar-refractivity contribution in [2.24, 2.45) is 0 Å². The van der Waals surface area contributed by atoms with Crippen LogP contribution in [0.15, 0.2) is 42.5 Å². The van der Waals surface area contributed by atoms with Gasteiger partial charge in [-0.2, -0.15) is 0 Å². The fourth-order valence-electron chi connectivity index (χ4n) is 4.40. The second-order valence-corrected chi connectivity index (χ2v) is 7.62. The predicted octanol–water partition coefficient (Wildman–Crippen LogP) is 5.16. The molecule has 0 radical (unpaired) electrons. The van der Waals surface area contributed by atoms with Crippen LogP contribution >= 0.6 is 0 Å². The Morgan fingerprint density at radius 1 is 1.00 bits per heavy atom. The maximum absolute atomic E-state index is 12.3. The van der Waals surface area contributed by atoms with Gasteiger partial charge >= 0.3 is 6.36 Å². The normalized spacial score (nSPS) is 20.7. The summed E-state index contributed by atoms with van der Waals surface area (Å²) in [5.74, 6) is 6.57. The molecule has 3 aromatic rings. The highest BCUT2D eigenvalue weighted by Gasteiger charge is 2.31. The summed E-state index contributed by atoms with van der Waals surface area (Å²) in [6.45, 7) is 3.29. The fourth-order valence-corrected chi connectivity index (χ4v) is 4.40. The first-order valence-corrected chi connectivity index (χ1v) is 9.70. The molecule has 148 valence electrons. The van der Waals surface area contributed by atoms with Crippen LogP contribution in [0, 0.1) is 11.8 Å². The van der Waals surface area contributed by atoms with E-state index in [1.165, 1.54) is 53.8 Å². The average molecular weight is 396 g/mol. The lowest BCUT2D eigenvalue weighted by Gasteiger charge is -2.26. The third-order valence-corrected chi connectivity index (χ3v) is 5.78. The topological polar surface area (TPSA) is 28.3 Å². The molecule has 6 rings (SSSR count). The van der Waals surface area contributed by atoms with Crippen molar-refractivity contribution in [2.75, 3.05) is 13.1 Å². The molecule has 2 aromatic carbocycles. The number of para-hydroxylation sites is 1. The van der Waals surface area contributed by atoms with Gasteiger partial charge < -0.3 is 9.72 Å². The number of nitrogens with zero attached hydrogens (tertiary/aromatic N) is 1. The number of piperidine rings is 1. The van der Waals surface area contributed by atoms with Gasteiger partial charge in [0, 0.05) is 34.7 Å². The number of halogens is 3. The van der Waals surface area contributed by atoms with Crippen molar-refractivity contribution < 1.29 is 17.9 Å². The molecule has 3 aliphatic rings. The van der Waals surface area contributed by atoms with Crippen molar-refractivity contribution in [3.8, 4) is 17.6 Å². The number of alkyl halides is 3. The quantitative estimate of drug-likeness (QED) is 0.576. The number of hydrogen-bond acceptors (Lipinski definition) is 2. The summed E-state index contributed by atoms with van der Waals surface area (Å²) in [7, 11) is 0. The third kappa shape index (κ3) is 3.58. The standard InChI is InChI=1S/C23H19F3N2O/c24-23(25,26)29-18-8-5-15(6-9-18)4-7-16-2-1-3-19-20-14-28-12-10-17(11-13-28)22(20)27-21(16)19/h1-3,5-6,8-9,17,27H,10-14H2. The van der Waals surface area contributed by atoms with Gasteiger partial charge in [0.25, 0.3) is 0 Å². The van der Waals surface area contributed by atoms with Crippen LogP contribution in [-0.2, 0) is 6.54 Å². The Hall–Kier alpha value is -2.91. The Kier molecular flexibility index (Phi) is 4.29. The van der Waals surface area contributed by atoms with E-state index in [2.05, 4.69) is 32.5 Å². The van der Waals surface area contributed by atoms with E-state index in [0.29, 0.717) is 11.5 Å². The zero-order valence-corrected chi connectivity index (χ0v) is 15.6. The third-order valence-electron chi connectivity index (χ3n) is 5.78. The highest BCUT2D eigenvalue weighted by atomic mass is 19.4. The summed E-state index contributed by atoms with van der Waals surface area (Å²) in [5.41, 5.74) is 5.32. The molecule has 0 saturated carbocycles. The van der Waals surface area contributed by atoms with E-state index in [9.17, 15) is 13.2 Å². The van der Waals surface area contributed by atoms with Crippen LogP contribution in [0.3, 0.4) is 0 Å². The van der Waals surface area contributed by atoms with Crippen molar-refractivity contribution in [3.05, 3.63) is 64.8 Å². The van der Waals surface area contributed by atoms with Gasteiger partial charge in [0.1, 0.15) is 5.75 Å². The molecule has 1 fully saturated rings. The summed E-state index contributed by atoms with van der Waals surface area (Å²) >= 11 is 0. The molecule has 0 aliphatic carbocycles. The molecule has 0 unspecified atom stereocenters. The Labute approximate surface area is 166 Å². The van der Waals surface area contributed by atoms with E-state index in [0.717, 1.165) is 30.7 Å². The van der Waals surface area contributed by atoms with Gasteiger partial charge in [0.05, 0.1) is 5.52 Å². The molecule has 6 heteroatoms. The Morgan fingerprint density at radius 3 is 2.48 bits per heavy atom. The minimum absolute atomic E-state index is 0.247. The van der Waals surface area contributed by atoms with Gasteiger partial charge in [-0.15, -0.1) is 13.2 Å². The molecule has 1 aromatic heterocycles. The molecule has 3 aliphatic heterocycles. The van der Waals surface area contributed by atoms with Crippen molar-refractivity contribution in [2.45, 2.75) is 31.7 Å². The molecule has 29 heavy (non-hydrogen) atoms. The van der Waals surface area contributed by atoms with Gasteiger partial charge in [-0.3, -0.25) is 4.90 Å². The molecule has 1 N–H and O–H groups in total. The molecule has 0 amide bonds. The number of benzene rings is 2. The first-order chi connectivity index (χ1) is 14.0. The van der Waals surface area contributed by atoms with Gasteiger partial charge in [-0.05, 0) is 61.8 Å². The van der Waals surface area contributed by atoms with Crippen LogP contribution in [0.4, 0.5) is 13.2 Å². The average Bonchev–Trinajstić information content (AvgIpc) is 2.86. The molecule has 4 heterocycles. The van der Waals surface area contributed by atoms with E-state index < -0.39 is 6.36 Å². The summed E-state index contributed by atoms with van der Waals surface area (Å²) in [5, 5.41) is 1.22. The van der Waals surface area contributed by atoms with E-state index in [1.54, 1.807) is 0 Å². The molecule has 3 nitrogen and oxygen atoms in total. The zero-order valence-electron chi connectivity index (χ0n) is 15.6. The van der Waals surface area contributed by atoms with Gasteiger partial charge in [0.2, 0.25) is 0 Å². The number of ether oxygens (including phenoxy) is 1. The van der Waals surface area contributed by atoms with Crippen molar-refractivity contribution >= 4 is 10.9 Å². The van der Waals surface area contributed by atoms with Gasteiger partial charge in [-0.1, -0.05) is 24.0 Å². The number of nitrogens with one attached hydrogen (secondary N) is 1. The van der Waals surface area contributed by atoms with Gasteiger partial charge in [0.15, 0.2) is 0 Å². The van der Waals surface area contributed by atoms with E-state index in [1.807, 2.05) is 12.1 Å². The molecule has 1 saturated heterocycles. The smallest absolute Gasteiger partial charge is 0.406 e. The summed E-state index contributed by atoms with van der Waals surface area (Å²) in [6.07, 6.45) is -2.31. The lowest BCUT2D eigenvalue weighted by atomic mass is 9.94. The number of aromatic nitrogens is 1. The SMILES string of the molecule is FC(F)(F)Oc1ccc(C#Cc2cccc3c4c([nH]c23)C2CCN(CC2)C4)cc1. The van der Waals surface area contributed by atoms with Crippen LogP contribution in [0.5, 0.6) is 5.75 Å². The number of H-pyrrole nitrogens is 1.